The van der Waals surface area contributed by atoms with Gasteiger partial charge in [0.1, 0.15) is 17.3 Å². The number of furan rings is 1. The first-order chi connectivity index (χ1) is 17.8. The van der Waals surface area contributed by atoms with E-state index in [1.165, 1.54) is 42.0 Å². The molecule has 0 atom stereocenters. The third-order valence-corrected chi connectivity index (χ3v) is 6.35. The van der Waals surface area contributed by atoms with E-state index in [2.05, 4.69) is 4.99 Å². The molecule has 0 aliphatic carbocycles. The monoisotopic (exact) mass is 521 g/mol. The van der Waals surface area contributed by atoms with E-state index in [1.807, 2.05) is 6.92 Å². The van der Waals surface area contributed by atoms with Crippen LogP contribution in [-0.2, 0) is 9.53 Å². The van der Waals surface area contributed by atoms with Crippen LogP contribution >= 0.6 is 11.8 Å². The van der Waals surface area contributed by atoms with Crippen molar-refractivity contribution in [2.45, 2.75) is 13.8 Å². The Bertz CT molecular complexity index is 1430. The number of ether oxygens (including phenoxy) is 2. The Morgan fingerprint density at radius 3 is 2.70 bits per heavy atom. The lowest BCUT2D eigenvalue weighted by Crippen LogP contribution is -2.28. The van der Waals surface area contributed by atoms with Crippen molar-refractivity contribution in [1.82, 2.24) is 4.90 Å². The van der Waals surface area contributed by atoms with Crippen LogP contribution in [0.15, 0.2) is 68.9 Å². The van der Waals surface area contributed by atoms with Crippen molar-refractivity contribution >= 4 is 46.3 Å². The van der Waals surface area contributed by atoms with E-state index in [-0.39, 0.29) is 18.2 Å². The Morgan fingerprint density at radius 1 is 1.19 bits per heavy atom. The number of esters is 1. The Balaban J connectivity index is 1.62. The molecule has 11 heteroatoms. The number of hydrogen-bond donors (Lipinski definition) is 0. The van der Waals surface area contributed by atoms with E-state index in [0.29, 0.717) is 50.7 Å². The Morgan fingerprint density at radius 2 is 2.00 bits per heavy atom. The summed E-state index contributed by atoms with van der Waals surface area (Å²) in [6, 6.07) is 14.2. The summed E-state index contributed by atoms with van der Waals surface area (Å²) in [7, 11) is 1.47. The maximum atomic E-state index is 13.0. The quantitative estimate of drug-likeness (QED) is 0.161. The number of nitro groups is 1. The van der Waals surface area contributed by atoms with Gasteiger partial charge in [0.25, 0.3) is 11.6 Å². The second-order valence-electron chi connectivity index (χ2n) is 7.67. The lowest BCUT2D eigenvalue weighted by molar-refractivity contribution is -0.384. The zero-order chi connectivity index (χ0) is 26.5. The molecule has 2 aromatic carbocycles. The van der Waals surface area contributed by atoms with Crippen molar-refractivity contribution in [2.75, 3.05) is 20.3 Å². The van der Waals surface area contributed by atoms with E-state index in [9.17, 15) is 19.7 Å². The number of amidine groups is 1. The highest BCUT2D eigenvalue weighted by Crippen LogP contribution is 2.37. The van der Waals surface area contributed by atoms with Crippen LogP contribution in [0, 0.1) is 10.1 Å². The molecule has 1 amide bonds. The van der Waals surface area contributed by atoms with Gasteiger partial charge in [-0.15, -0.1) is 0 Å². The number of carbonyl (C=O) groups is 2. The van der Waals surface area contributed by atoms with Gasteiger partial charge in [0, 0.05) is 24.8 Å². The highest BCUT2D eigenvalue weighted by Gasteiger charge is 2.32. The normalized spacial score (nSPS) is 15.4. The topological polar surface area (TPSA) is 124 Å². The van der Waals surface area contributed by atoms with Gasteiger partial charge in [-0.3, -0.25) is 19.8 Å². The van der Waals surface area contributed by atoms with Gasteiger partial charge in [0.05, 0.1) is 40.4 Å². The highest BCUT2D eigenvalue weighted by atomic mass is 32.2. The minimum atomic E-state index is -0.495. The number of nitrogens with zero attached hydrogens (tertiary/aromatic N) is 3. The number of aliphatic imine (C=N–C) groups is 1. The predicted molar refractivity (Wildman–Crippen MR) is 140 cm³/mol. The maximum Gasteiger partial charge on any atom is 0.338 e. The smallest absolute Gasteiger partial charge is 0.338 e. The van der Waals surface area contributed by atoms with Crippen LogP contribution in [0.3, 0.4) is 0 Å². The number of nitro benzene ring substituents is 1. The SMILES string of the molecule is CCOC(=O)c1cccc(N=C2SC(=Cc3ccc(-c4cc([N+](=O)[O-])ccc4OC)o3)C(=O)N2CC)c1. The number of thioether (sulfide) groups is 1. The summed E-state index contributed by atoms with van der Waals surface area (Å²) in [6.07, 6.45) is 1.60. The van der Waals surface area contributed by atoms with E-state index < -0.39 is 10.9 Å². The molecule has 1 aliphatic heterocycles. The molecule has 3 aromatic rings. The third-order valence-electron chi connectivity index (χ3n) is 5.35. The number of carbonyl (C=O) groups excluding carboxylic acids is 2. The van der Waals surface area contributed by atoms with Gasteiger partial charge in [-0.1, -0.05) is 6.07 Å². The molecular weight excluding hydrogens is 498 g/mol. The number of likely N-dealkylation sites (N-methyl/N-ethyl adjacent to an activating group) is 1. The summed E-state index contributed by atoms with van der Waals surface area (Å²) in [5, 5.41) is 11.7. The van der Waals surface area contributed by atoms with Gasteiger partial charge in [-0.05, 0) is 62.0 Å². The lowest BCUT2D eigenvalue weighted by atomic mass is 10.1. The van der Waals surface area contributed by atoms with E-state index in [0.717, 1.165) is 0 Å². The summed E-state index contributed by atoms with van der Waals surface area (Å²) >= 11 is 1.18. The molecule has 0 spiro atoms. The van der Waals surface area contributed by atoms with Crippen LogP contribution in [0.5, 0.6) is 5.75 Å². The molecule has 1 aromatic heterocycles. The Kier molecular flexibility index (Phi) is 7.73. The third kappa shape index (κ3) is 5.56. The van der Waals surface area contributed by atoms with Crippen molar-refractivity contribution < 1.29 is 28.4 Å². The predicted octanol–water partition coefficient (Wildman–Crippen LogP) is 5.66. The first-order valence-corrected chi connectivity index (χ1v) is 12.2. The van der Waals surface area contributed by atoms with Crippen molar-refractivity contribution in [2.24, 2.45) is 4.99 Å². The molecule has 4 rings (SSSR count). The zero-order valence-corrected chi connectivity index (χ0v) is 21.1. The number of non-ortho nitro benzene ring substituents is 1. The van der Waals surface area contributed by atoms with Crippen LogP contribution in [0.2, 0.25) is 0 Å². The minimum Gasteiger partial charge on any atom is -0.496 e. The van der Waals surface area contributed by atoms with Crippen LogP contribution < -0.4 is 4.74 Å². The highest BCUT2D eigenvalue weighted by molar-refractivity contribution is 8.18. The summed E-state index contributed by atoms with van der Waals surface area (Å²) in [5.41, 5.74) is 1.21. The minimum absolute atomic E-state index is 0.0971. The van der Waals surface area contributed by atoms with Gasteiger partial charge in [-0.2, -0.15) is 0 Å². The second kappa shape index (κ2) is 11.1. The van der Waals surface area contributed by atoms with Crippen molar-refractivity contribution in [3.63, 3.8) is 0 Å². The van der Waals surface area contributed by atoms with Crippen LogP contribution in [0.1, 0.15) is 30.0 Å². The summed E-state index contributed by atoms with van der Waals surface area (Å²) < 4.78 is 16.3. The standard InChI is InChI=1S/C26H23N3O7S/c1-4-28-24(30)23(37-26(28)27-17-8-6-7-16(13-17)25(31)35-5-2)15-19-10-12-22(36-19)20-14-18(29(32)33)9-11-21(20)34-3/h6-15H,4-5H2,1-3H3. The molecule has 190 valence electrons. The molecule has 37 heavy (non-hydrogen) atoms. The Hall–Kier alpha value is -4.38. The average molecular weight is 522 g/mol. The fourth-order valence-electron chi connectivity index (χ4n) is 3.60. The molecule has 10 nitrogen and oxygen atoms in total. The summed E-state index contributed by atoms with van der Waals surface area (Å²) in [4.78, 5) is 42.3. The molecular formula is C26H23N3O7S. The van der Waals surface area contributed by atoms with Crippen molar-refractivity contribution in [1.29, 1.82) is 0 Å². The van der Waals surface area contributed by atoms with Crippen molar-refractivity contribution in [3.05, 3.63) is 80.9 Å². The fraction of sp³-hybridized carbons (Fsp3) is 0.192. The van der Waals surface area contributed by atoms with E-state index in [4.69, 9.17) is 13.9 Å². The van der Waals surface area contributed by atoms with Crippen LogP contribution in [0.25, 0.3) is 17.4 Å². The average Bonchev–Trinajstić information content (AvgIpc) is 3.48. The van der Waals surface area contributed by atoms with Gasteiger partial charge >= 0.3 is 5.97 Å². The first kappa shape index (κ1) is 25.7. The van der Waals surface area contributed by atoms with Crippen LogP contribution in [-0.4, -0.2) is 47.1 Å². The molecule has 1 aliphatic rings. The molecule has 0 radical (unpaired) electrons. The largest absolute Gasteiger partial charge is 0.496 e. The molecule has 0 bridgehead atoms. The number of methoxy groups -OCH3 is 1. The molecule has 0 N–H and O–H groups in total. The van der Waals surface area contributed by atoms with Crippen molar-refractivity contribution in [3.8, 4) is 17.1 Å². The van der Waals surface area contributed by atoms with E-state index in [1.54, 1.807) is 49.4 Å². The van der Waals surface area contributed by atoms with E-state index >= 15 is 0 Å². The fourth-order valence-corrected chi connectivity index (χ4v) is 4.65. The molecule has 2 heterocycles. The van der Waals surface area contributed by atoms with Gasteiger partial charge < -0.3 is 13.9 Å². The summed E-state index contributed by atoms with van der Waals surface area (Å²) in [6.45, 7) is 4.24. The first-order valence-electron chi connectivity index (χ1n) is 11.3. The molecule has 1 saturated heterocycles. The Labute approximate surface area is 216 Å². The zero-order valence-electron chi connectivity index (χ0n) is 20.3. The van der Waals surface area contributed by atoms with Crippen LogP contribution in [0.4, 0.5) is 11.4 Å². The molecule has 0 saturated carbocycles. The number of rotatable bonds is 8. The lowest BCUT2D eigenvalue weighted by Gasteiger charge is -2.12. The molecule has 1 fully saturated rings. The van der Waals surface area contributed by atoms with Gasteiger partial charge in [-0.25, -0.2) is 9.79 Å². The number of amides is 1. The number of benzene rings is 2. The maximum absolute atomic E-state index is 13.0. The second-order valence-corrected chi connectivity index (χ2v) is 8.68. The van der Waals surface area contributed by atoms with Gasteiger partial charge in [0.15, 0.2) is 5.17 Å². The number of hydrogen-bond acceptors (Lipinski definition) is 9. The molecule has 0 unspecified atom stereocenters. The van der Waals surface area contributed by atoms with Gasteiger partial charge in [0.2, 0.25) is 0 Å². The summed E-state index contributed by atoms with van der Waals surface area (Å²) in [5.74, 6) is 0.489.